The second kappa shape index (κ2) is 8.00. The molecule has 0 aromatic carbocycles. The summed E-state index contributed by atoms with van der Waals surface area (Å²) in [4.78, 5) is 16.3. The Kier molecular flexibility index (Phi) is 7.02. The van der Waals surface area contributed by atoms with Gasteiger partial charge in [0, 0.05) is 24.9 Å². The van der Waals surface area contributed by atoms with Crippen LogP contribution in [-0.4, -0.2) is 53.8 Å². The first-order valence-electron chi connectivity index (χ1n) is 7.20. The average Bonchev–Trinajstić information content (AvgIpc) is 2.76. The summed E-state index contributed by atoms with van der Waals surface area (Å²) in [5.41, 5.74) is 0. The normalized spacial score (nSPS) is 21.9. The number of hydrogen-bond donors (Lipinski definition) is 0. The number of hydrogen-bond acceptors (Lipinski definition) is 2. The first-order chi connectivity index (χ1) is 8.62. The molecule has 0 saturated carbocycles. The molecule has 1 fully saturated rings. The van der Waals surface area contributed by atoms with Crippen LogP contribution in [0.2, 0.25) is 0 Å². The van der Waals surface area contributed by atoms with Gasteiger partial charge in [0.1, 0.15) is 0 Å². The van der Waals surface area contributed by atoms with Crippen LogP contribution in [0.5, 0.6) is 0 Å². The van der Waals surface area contributed by atoms with E-state index < -0.39 is 0 Å². The number of halogens is 1. The zero-order valence-electron chi connectivity index (χ0n) is 12.0. The fourth-order valence-corrected chi connectivity index (χ4v) is 2.85. The maximum atomic E-state index is 11.9. The molecule has 2 unspecified atom stereocenters. The van der Waals surface area contributed by atoms with E-state index in [-0.39, 0.29) is 5.91 Å². The van der Waals surface area contributed by atoms with Gasteiger partial charge in [-0.05, 0) is 45.3 Å². The monoisotopic (exact) mass is 274 g/mol. The summed E-state index contributed by atoms with van der Waals surface area (Å²) in [7, 11) is 0. The van der Waals surface area contributed by atoms with E-state index >= 15 is 0 Å². The SMILES string of the molecule is CCN(CC)CCCC(C)N1CC(CCl)CC1=O. The molecule has 18 heavy (non-hydrogen) atoms. The predicted molar refractivity (Wildman–Crippen MR) is 77.0 cm³/mol. The van der Waals surface area contributed by atoms with Gasteiger partial charge in [0.25, 0.3) is 0 Å². The van der Waals surface area contributed by atoms with E-state index in [0.29, 0.717) is 24.3 Å². The summed E-state index contributed by atoms with van der Waals surface area (Å²) in [5.74, 6) is 1.26. The topological polar surface area (TPSA) is 23.6 Å². The van der Waals surface area contributed by atoms with Crippen LogP contribution in [0, 0.1) is 5.92 Å². The number of amides is 1. The Bertz CT molecular complexity index is 256. The average molecular weight is 275 g/mol. The number of alkyl halides is 1. The summed E-state index contributed by atoms with van der Waals surface area (Å²) in [6, 6.07) is 0.362. The van der Waals surface area contributed by atoms with E-state index in [4.69, 9.17) is 11.6 Å². The summed E-state index contributed by atoms with van der Waals surface area (Å²) < 4.78 is 0. The van der Waals surface area contributed by atoms with Gasteiger partial charge in [-0.2, -0.15) is 0 Å². The van der Waals surface area contributed by atoms with Crippen molar-refractivity contribution < 1.29 is 4.79 Å². The van der Waals surface area contributed by atoms with Gasteiger partial charge in [0.15, 0.2) is 0 Å². The van der Waals surface area contributed by atoms with Gasteiger partial charge in [-0.3, -0.25) is 4.79 Å². The summed E-state index contributed by atoms with van der Waals surface area (Å²) in [6.45, 7) is 10.8. The first-order valence-corrected chi connectivity index (χ1v) is 7.73. The van der Waals surface area contributed by atoms with Gasteiger partial charge in [0.2, 0.25) is 5.91 Å². The quantitative estimate of drug-likeness (QED) is 0.635. The van der Waals surface area contributed by atoms with Crippen LogP contribution < -0.4 is 0 Å². The van der Waals surface area contributed by atoms with E-state index in [0.717, 1.165) is 39.0 Å². The summed E-state index contributed by atoms with van der Waals surface area (Å²) in [6.07, 6.45) is 2.90. The predicted octanol–water partition coefficient (Wildman–Crippen LogP) is 2.58. The molecule has 0 aliphatic carbocycles. The van der Waals surface area contributed by atoms with Gasteiger partial charge in [-0.25, -0.2) is 0 Å². The molecule has 2 atom stereocenters. The Balaban J connectivity index is 2.28. The highest BCUT2D eigenvalue weighted by Crippen LogP contribution is 2.22. The molecule has 1 amide bonds. The molecule has 0 radical (unpaired) electrons. The molecule has 1 saturated heterocycles. The van der Waals surface area contributed by atoms with Crippen LogP contribution in [-0.2, 0) is 4.79 Å². The maximum Gasteiger partial charge on any atom is 0.223 e. The van der Waals surface area contributed by atoms with E-state index in [2.05, 4.69) is 25.7 Å². The number of carbonyl (C=O) groups is 1. The zero-order valence-corrected chi connectivity index (χ0v) is 12.7. The summed E-state index contributed by atoms with van der Waals surface area (Å²) >= 11 is 5.84. The van der Waals surface area contributed by atoms with Crippen molar-refractivity contribution in [3.05, 3.63) is 0 Å². The third-order valence-corrected chi connectivity index (χ3v) is 4.42. The van der Waals surface area contributed by atoms with Crippen LogP contribution in [0.25, 0.3) is 0 Å². The second-order valence-electron chi connectivity index (χ2n) is 5.29. The second-order valence-corrected chi connectivity index (χ2v) is 5.60. The van der Waals surface area contributed by atoms with Gasteiger partial charge >= 0.3 is 0 Å². The third kappa shape index (κ3) is 4.43. The van der Waals surface area contributed by atoms with Crippen molar-refractivity contribution in [3.63, 3.8) is 0 Å². The standard InChI is InChI=1S/C14H27ClN2O/c1-4-16(5-2)8-6-7-12(3)17-11-13(10-15)9-14(17)18/h12-13H,4-11H2,1-3H3. The smallest absolute Gasteiger partial charge is 0.223 e. The minimum Gasteiger partial charge on any atom is -0.340 e. The van der Waals surface area contributed by atoms with Crippen LogP contribution in [0.1, 0.15) is 40.0 Å². The highest BCUT2D eigenvalue weighted by atomic mass is 35.5. The van der Waals surface area contributed by atoms with E-state index in [1.165, 1.54) is 0 Å². The number of nitrogens with zero attached hydrogens (tertiary/aromatic N) is 2. The van der Waals surface area contributed by atoms with Gasteiger partial charge in [-0.15, -0.1) is 11.6 Å². The van der Waals surface area contributed by atoms with Crippen molar-refractivity contribution in [1.29, 1.82) is 0 Å². The lowest BCUT2D eigenvalue weighted by Crippen LogP contribution is -2.35. The van der Waals surface area contributed by atoms with Crippen LogP contribution >= 0.6 is 11.6 Å². The molecule has 4 heteroatoms. The molecule has 1 aliphatic rings. The molecule has 1 heterocycles. The van der Waals surface area contributed by atoms with Crippen LogP contribution in [0.15, 0.2) is 0 Å². The Labute approximate surface area is 116 Å². The molecule has 106 valence electrons. The number of rotatable bonds is 8. The molecule has 1 rings (SSSR count). The molecule has 1 aliphatic heterocycles. The minimum atomic E-state index is 0.288. The van der Waals surface area contributed by atoms with Gasteiger partial charge in [0.05, 0.1) is 0 Å². The Morgan fingerprint density at radius 1 is 1.44 bits per heavy atom. The lowest BCUT2D eigenvalue weighted by atomic mass is 10.1. The van der Waals surface area contributed by atoms with Gasteiger partial charge in [-0.1, -0.05) is 13.8 Å². The molecule has 0 spiro atoms. The third-order valence-electron chi connectivity index (χ3n) is 3.98. The highest BCUT2D eigenvalue weighted by molar-refractivity contribution is 6.18. The van der Waals surface area contributed by atoms with Crippen molar-refractivity contribution in [2.75, 3.05) is 32.1 Å². The van der Waals surface area contributed by atoms with Gasteiger partial charge < -0.3 is 9.80 Å². The van der Waals surface area contributed by atoms with Crippen molar-refractivity contribution in [2.45, 2.75) is 46.1 Å². The maximum absolute atomic E-state index is 11.9. The molecule has 0 N–H and O–H groups in total. The van der Waals surface area contributed by atoms with E-state index in [9.17, 15) is 4.79 Å². The highest BCUT2D eigenvalue weighted by Gasteiger charge is 2.31. The Hall–Kier alpha value is -0.280. The van der Waals surface area contributed by atoms with Crippen molar-refractivity contribution in [3.8, 4) is 0 Å². The van der Waals surface area contributed by atoms with Crippen LogP contribution in [0.4, 0.5) is 0 Å². The molecule has 0 aromatic heterocycles. The van der Waals surface area contributed by atoms with Crippen molar-refractivity contribution in [1.82, 2.24) is 9.80 Å². The minimum absolute atomic E-state index is 0.288. The summed E-state index contributed by atoms with van der Waals surface area (Å²) in [5, 5.41) is 0. The fourth-order valence-electron chi connectivity index (χ4n) is 2.64. The van der Waals surface area contributed by atoms with Crippen LogP contribution in [0.3, 0.4) is 0 Å². The first kappa shape index (κ1) is 15.8. The molecule has 0 aromatic rings. The fraction of sp³-hybridized carbons (Fsp3) is 0.929. The van der Waals surface area contributed by atoms with Crippen molar-refractivity contribution >= 4 is 17.5 Å². The lowest BCUT2D eigenvalue weighted by molar-refractivity contribution is -0.129. The lowest BCUT2D eigenvalue weighted by Gasteiger charge is -2.26. The van der Waals surface area contributed by atoms with E-state index in [1.807, 2.05) is 4.90 Å². The zero-order chi connectivity index (χ0) is 13.5. The molecular formula is C14H27ClN2O. The molecule has 3 nitrogen and oxygen atoms in total. The number of carbonyl (C=O) groups excluding carboxylic acids is 1. The van der Waals surface area contributed by atoms with E-state index in [1.54, 1.807) is 0 Å². The Morgan fingerprint density at radius 2 is 2.11 bits per heavy atom. The number of likely N-dealkylation sites (tertiary alicyclic amines) is 1. The Morgan fingerprint density at radius 3 is 2.61 bits per heavy atom. The van der Waals surface area contributed by atoms with Crippen molar-refractivity contribution in [2.24, 2.45) is 5.92 Å². The largest absolute Gasteiger partial charge is 0.340 e. The molecular weight excluding hydrogens is 248 g/mol. The molecule has 0 bridgehead atoms.